The van der Waals surface area contributed by atoms with E-state index in [1.807, 2.05) is 0 Å². The van der Waals surface area contributed by atoms with E-state index in [9.17, 15) is 9.59 Å². The Hall–Kier alpha value is -1.14. The predicted molar refractivity (Wildman–Crippen MR) is 75.0 cm³/mol. The van der Waals surface area contributed by atoms with Crippen molar-refractivity contribution in [3.63, 3.8) is 0 Å². The van der Waals surface area contributed by atoms with Gasteiger partial charge in [-0.3, -0.25) is 9.59 Å². The fourth-order valence-electron chi connectivity index (χ4n) is 2.93. The van der Waals surface area contributed by atoms with Crippen molar-refractivity contribution in [2.75, 3.05) is 26.2 Å². The third-order valence-electron chi connectivity index (χ3n) is 4.03. The predicted octanol–water partition coefficient (Wildman–Crippen LogP) is 0.0115. The Bertz CT molecular complexity index is 337. The van der Waals surface area contributed by atoms with Crippen LogP contribution < -0.4 is 11.1 Å². The maximum absolute atomic E-state index is 12.0. The number of hydrogen-bond acceptors (Lipinski definition) is 4. The summed E-state index contributed by atoms with van der Waals surface area (Å²) in [5, 5.41) is 3.00. The Morgan fingerprint density at radius 3 is 2.55 bits per heavy atom. The second kappa shape index (κ2) is 7.59. The molecule has 6 heteroatoms. The van der Waals surface area contributed by atoms with Crippen LogP contribution in [0.4, 0.5) is 0 Å². The molecule has 0 unspecified atom stereocenters. The second-order valence-electron chi connectivity index (χ2n) is 5.66. The molecule has 114 valence electrons. The monoisotopic (exact) mass is 283 g/mol. The fourth-order valence-corrected chi connectivity index (χ4v) is 2.93. The molecule has 0 radical (unpaired) electrons. The van der Waals surface area contributed by atoms with Crippen molar-refractivity contribution in [1.29, 1.82) is 0 Å². The number of nitrogens with two attached hydrogens (primary N) is 1. The molecule has 1 aliphatic carbocycles. The van der Waals surface area contributed by atoms with Crippen LogP contribution in [-0.2, 0) is 14.3 Å². The summed E-state index contributed by atoms with van der Waals surface area (Å²) in [6, 6.07) is 0.278. The Kier molecular flexibility index (Phi) is 5.79. The van der Waals surface area contributed by atoms with Crippen LogP contribution in [0.2, 0.25) is 0 Å². The lowest BCUT2D eigenvalue weighted by atomic mass is 10.2. The zero-order valence-corrected chi connectivity index (χ0v) is 12.0. The molecule has 3 N–H and O–H groups in total. The lowest BCUT2D eigenvalue weighted by molar-refractivity contribution is -0.136. The van der Waals surface area contributed by atoms with Gasteiger partial charge in [0, 0.05) is 19.2 Å². The van der Waals surface area contributed by atoms with Crippen molar-refractivity contribution in [2.45, 2.75) is 50.7 Å². The number of nitrogens with one attached hydrogen (secondary N) is 1. The Morgan fingerprint density at radius 2 is 1.95 bits per heavy atom. The van der Waals surface area contributed by atoms with Gasteiger partial charge in [-0.05, 0) is 25.7 Å². The molecule has 0 aromatic heterocycles. The average molecular weight is 283 g/mol. The highest BCUT2D eigenvalue weighted by atomic mass is 16.5. The minimum Gasteiger partial charge on any atom is -0.376 e. The van der Waals surface area contributed by atoms with E-state index in [0.29, 0.717) is 6.54 Å². The van der Waals surface area contributed by atoms with Crippen molar-refractivity contribution in [2.24, 2.45) is 5.73 Å². The molecule has 0 bridgehead atoms. The summed E-state index contributed by atoms with van der Waals surface area (Å²) in [7, 11) is 0. The van der Waals surface area contributed by atoms with Crippen LogP contribution in [0.3, 0.4) is 0 Å². The van der Waals surface area contributed by atoms with E-state index < -0.39 is 0 Å². The largest absolute Gasteiger partial charge is 0.376 e. The van der Waals surface area contributed by atoms with Crippen LogP contribution in [0.5, 0.6) is 0 Å². The number of ether oxygens (including phenoxy) is 1. The van der Waals surface area contributed by atoms with Gasteiger partial charge in [0.1, 0.15) is 0 Å². The van der Waals surface area contributed by atoms with E-state index in [4.69, 9.17) is 10.5 Å². The Labute approximate surface area is 120 Å². The van der Waals surface area contributed by atoms with Gasteiger partial charge in [-0.25, -0.2) is 0 Å². The van der Waals surface area contributed by atoms with Crippen molar-refractivity contribution >= 4 is 11.8 Å². The highest BCUT2D eigenvalue weighted by Gasteiger charge is 2.25. The van der Waals surface area contributed by atoms with Crippen molar-refractivity contribution in [1.82, 2.24) is 10.2 Å². The quantitative estimate of drug-likeness (QED) is 0.719. The maximum atomic E-state index is 12.0. The molecule has 6 nitrogen and oxygen atoms in total. The number of carbonyl (C=O) groups excluding carboxylic acids is 2. The summed E-state index contributed by atoms with van der Waals surface area (Å²) in [4.78, 5) is 25.4. The molecule has 20 heavy (non-hydrogen) atoms. The highest BCUT2D eigenvalue weighted by molar-refractivity contribution is 5.85. The van der Waals surface area contributed by atoms with E-state index >= 15 is 0 Å². The van der Waals surface area contributed by atoms with Crippen LogP contribution in [0, 0.1) is 0 Å². The van der Waals surface area contributed by atoms with Gasteiger partial charge in [-0.2, -0.15) is 0 Å². The minimum atomic E-state index is -0.193. The molecule has 2 rings (SSSR count). The van der Waals surface area contributed by atoms with Crippen LogP contribution in [-0.4, -0.2) is 55.1 Å². The van der Waals surface area contributed by atoms with Crippen LogP contribution in [0.1, 0.15) is 38.5 Å². The van der Waals surface area contributed by atoms with Gasteiger partial charge < -0.3 is 20.7 Å². The van der Waals surface area contributed by atoms with Gasteiger partial charge in [0.2, 0.25) is 11.8 Å². The van der Waals surface area contributed by atoms with Crippen LogP contribution in [0.25, 0.3) is 0 Å². The first-order valence-corrected chi connectivity index (χ1v) is 7.58. The first-order chi connectivity index (χ1) is 9.69. The molecule has 1 atom stereocenters. The Morgan fingerprint density at radius 1 is 1.20 bits per heavy atom. The number of rotatable bonds is 6. The smallest absolute Gasteiger partial charge is 0.239 e. The molecule has 1 heterocycles. The lowest BCUT2D eigenvalue weighted by Crippen LogP contribution is -2.47. The van der Waals surface area contributed by atoms with E-state index in [-0.39, 0.29) is 37.0 Å². The van der Waals surface area contributed by atoms with Crippen molar-refractivity contribution in [3.8, 4) is 0 Å². The lowest BCUT2D eigenvalue weighted by Gasteiger charge is -2.25. The van der Waals surface area contributed by atoms with E-state index in [2.05, 4.69) is 5.32 Å². The first kappa shape index (κ1) is 15.3. The second-order valence-corrected chi connectivity index (χ2v) is 5.66. The number of amides is 2. The first-order valence-electron chi connectivity index (χ1n) is 7.58. The van der Waals surface area contributed by atoms with Crippen LogP contribution >= 0.6 is 0 Å². The fraction of sp³-hybridized carbons (Fsp3) is 0.857. The van der Waals surface area contributed by atoms with Gasteiger partial charge in [0.05, 0.1) is 19.2 Å². The molecule has 1 aliphatic heterocycles. The molecule has 0 aromatic rings. The minimum absolute atomic E-state index is 0.0461. The van der Waals surface area contributed by atoms with Gasteiger partial charge >= 0.3 is 0 Å². The molecular formula is C14H25N3O3. The standard InChI is InChI=1S/C14H25N3O3/c15-8-14(19)17(9-12-6-3-7-20-12)10-13(18)16-11-4-1-2-5-11/h11-12H,1-10,15H2,(H,16,18)/t12-/m1/s1. The van der Waals surface area contributed by atoms with E-state index in [1.165, 1.54) is 17.7 Å². The number of nitrogens with zero attached hydrogens (tertiary/aromatic N) is 1. The molecule has 0 aromatic carbocycles. The highest BCUT2D eigenvalue weighted by Crippen LogP contribution is 2.17. The van der Waals surface area contributed by atoms with Gasteiger partial charge in [0.25, 0.3) is 0 Å². The molecule has 1 saturated heterocycles. The van der Waals surface area contributed by atoms with E-state index in [0.717, 1.165) is 32.3 Å². The van der Waals surface area contributed by atoms with Gasteiger partial charge in [-0.15, -0.1) is 0 Å². The average Bonchev–Trinajstić information content (AvgIpc) is 3.10. The molecule has 2 fully saturated rings. The third-order valence-corrected chi connectivity index (χ3v) is 4.03. The molecule has 2 amide bonds. The van der Waals surface area contributed by atoms with Gasteiger partial charge in [-0.1, -0.05) is 12.8 Å². The zero-order chi connectivity index (χ0) is 14.4. The summed E-state index contributed by atoms with van der Waals surface area (Å²) in [5.74, 6) is -0.279. The number of carbonyl (C=O) groups is 2. The zero-order valence-electron chi connectivity index (χ0n) is 12.0. The summed E-state index contributed by atoms with van der Waals surface area (Å²) in [6.45, 7) is 1.23. The molecule has 0 spiro atoms. The SMILES string of the molecule is NCC(=O)N(CC(=O)NC1CCCC1)C[C@H]1CCCO1. The van der Waals surface area contributed by atoms with Crippen LogP contribution in [0.15, 0.2) is 0 Å². The third kappa shape index (κ3) is 4.45. The maximum Gasteiger partial charge on any atom is 0.239 e. The normalized spacial score (nSPS) is 22.9. The number of hydrogen-bond donors (Lipinski definition) is 2. The van der Waals surface area contributed by atoms with Crippen molar-refractivity contribution in [3.05, 3.63) is 0 Å². The van der Waals surface area contributed by atoms with E-state index in [1.54, 1.807) is 0 Å². The Balaban J connectivity index is 1.82. The van der Waals surface area contributed by atoms with Gasteiger partial charge in [0.15, 0.2) is 0 Å². The summed E-state index contributed by atoms with van der Waals surface area (Å²) in [5.41, 5.74) is 5.42. The molecule has 1 saturated carbocycles. The summed E-state index contributed by atoms with van der Waals surface area (Å²) in [6.07, 6.45) is 6.44. The van der Waals surface area contributed by atoms with Crippen molar-refractivity contribution < 1.29 is 14.3 Å². The topological polar surface area (TPSA) is 84.7 Å². The molecule has 2 aliphatic rings. The molecular weight excluding hydrogens is 258 g/mol. The summed E-state index contributed by atoms with van der Waals surface area (Å²) < 4.78 is 5.53. The summed E-state index contributed by atoms with van der Waals surface area (Å²) >= 11 is 0.